The molecule has 3 N–H and O–H groups in total. The summed E-state index contributed by atoms with van der Waals surface area (Å²) in [4.78, 5) is 29.0. The van der Waals surface area contributed by atoms with Crippen molar-refractivity contribution in [3.05, 3.63) is 69.2 Å². The summed E-state index contributed by atoms with van der Waals surface area (Å²) in [7, 11) is -3.67. The zero-order valence-electron chi connectivity index (χ0n) is 13.9. The molecule has 0 unspecified atom stereocenters. The Morgan fingerprint density at radius 1 is 1.22 bits per heavy atom. The second kappa shape index (κ2) is 7.59. The Balaban J connectivity index is 1.78. The number of nitrogens with zero attached hydrogens (tertiary/aromatic N) is 2. The molecule has 27 heavy (non-hydrogen) atoms. The quantitative estimate of drug-likeness (QED) is 0.610. The maximum absolute atomic E-state index is 12.5. The van der Waals surface area contributed by atoms with Crippen LogP contribution in [0.3, 0.4) is 0 Å². The Morgan fingerprint density at radius 3 is 2.74 bits per heavy atom. The van der Waals surface area contributed by atoms with Crippen molar-refractivity contribution in [1.29, 1.82) is 0 Å². The minimum atomic E-state index is -3.67. The van der Waals surface area contributed by atoms with E-state index in [0.29, 0.717) is 22.2 Å². The molecule has 0 aliphatic rings. The number of amides is 1. The normalized spacial score (nSPS) is 11.5. The van der Waals surface area contributed by atoms with Gasteiger partial charge in [0.1, 0.15) is 6.54 Å². The van der Waals surface area contributed by atoms with E-state index in [4.69, 9.17) is 5.14 Å². The molecule has 140 valence electrons. The van der Waals surface area contributed by atoms with Gasteiger partial charge in [-0.15, -0.1) is 0 Å². The van der Waals surface area contributed by atoms with Gasteiger partial charge in [0.25, 0.3) is 5.56 Å². The molecule has 0 atom stereocenters. The van der Waals surface area contributed by atoms with E-state index in [1.54, 1.807) is 36.4 Å². The molecule has 0 spiro atoms. The van der Waals surface area contributed by atoms with Gasteiger partial charge in [-0.25, -0.2) is 18.5 Å². The Bertz CT molecular complexity index is 1190. The van der Waals surface area contributed by atoms with Crippen LogP contribution in [0.4, 0.5) is 5.69 Å². The molecule has 8 nitrogen and oxygen atoms in total. The van der Waals surface area contributed by atoms with Crippen LogP contribution in [0, 0.1) is 0 Å². The fourth-order valence-electron chi connectivity index (χ4n) is 2.57. The molecule has 0 saturated heterocycles. The first-order valence-electron chi connectivity index (χ1n) is 7.75. The number of carbonyl (C=O) groups is 1. The monoisotopic (exact) mass is 450 g/mol. The third kappa shape index (κ3) is 5.00. The van der Waals surface area contributed by atoms with Crippen molar-refractivity contribution in [3.8, 4) is 0 Å². The standard InChI is InChI=1S/C17H15BrN4O4S/c18-12-4-5-15-14(7-12)17(24)22(10-20-15)8-16(23)21-13-3-1-2-11(6-13)9-27(19,25)26/h1-7,10H,8-9H2,(H,21,23)(H2,19,25,26). The SMILES string of the molecule is NS(=O)(=O)Cc1cccc(NC(=O)Cn2cnc3ccc(Br)cc3c2=O)c1. The van der Waals surface area contributed by atoms with Gasteiger partial charge in [-0.3, -0.25) is 14.2 Å². The van der Waals surface area contributed by atoms with Crippen LogP contribution in [-0.2, 0) is 27.1 Å². The molecular weight excluding hydrogens is 436 g/mol. The lowest BCUT2D eigenvalue weighted by Crippen LogP contribution is -2.28. The Hall–Kier alpha value is -2.56. The van der Waals surface area contributed by atoms with Gasteiger partial charge in [-0.2, -0.15) is 0 Å². The fourth-order valence-corrected chi connectivity index (χ4v) is 3.58. The predicted octanol–water partition coefficient (Wildman–Crippen LogP) is 1.59. The molecule has 0 aliphatic carbocycles. The number of carbonyl (C=O) groups excluding carboxylic acids is 1. The summed E-state index contributed by atoms with van der Waals surface area (Å²) >= 11 is 3.31. The van der Waals surface area contributed by atoms with Crippen molar-refractivity contribution < 1.29 is 13.2 Å². The maximum Gasteiger partial charge on any atom is 0.261 e. The van der Waals surface area contributed by atoms with E-state index in [1.807, 2.05) is 0 Å². The number of primary sulfonamides is 1. The average molecular weight is 451 g/mol. The molecular formula is C17H15BrN4O4S. The predicted molar refractivity (Wildman–Crippen MR) is 106 cm³/mol. The van der Waals surface area contributed by atoms with E-state index in [2.05, 4.69) is 26.2 Å². The number of anilines is 1. The Kier molecular flexibility index (Phi) is 5.40. The summed E-state index contributed by atoms with van der Waals surface area (Å²) in [5, 5.41) is 8.06. The van der Waals surface area contributed by atoms with Gasteiger partial charge >= 0.3 is 0 Å². The van der Waals surface area contributed by atoms with Gasteiger partial charge in [0, 0.05) is 10.2 Å². The summed E-state index contributed by atoms with van der Waals surface area (Å²) in [5.41, 5.74) is 1.06. The lowest BCUT2D eigenvalue weighted by Gasteiger charge is -2.09. The van der Waals surface area contributed by atoms with Crippen molar-refractivity contribution >= 4 is 48.5 Å². The van der Waals surface area contributed by atoms with Gasteiger partial charge in [0.2, 0.25) is 15.9 Å². The van der Waals surface area contributed by atoms with Crippen molar-refractivity contribution in [2.75, 3.05) is 5.32 Å². The molecule has 2 aromatic carbocycles. The van der Waals surface area contributed by atoms with Crippen LogP contribution < -0.4 is 16.0 Å². The summed E-state index contributed by atoms with van der Waals surface area (Å²) in [6.07, 6.45) is 1.32. The first kappa shape index (κ1) is 19.2. The third-order valence-electron chi connectivity index (χ3n) is 3.68. The van der Waals surface area contributed by atoms with E-state index < -0.39 is 15.9 Å². The molecule has 1 heterocycles. The average Bonchev–Trinajstić information content (AvgIpc) is 2.56. The van der Waals surface area contributed by atoms with Crippen LogP contribution >= 0.6 is 15.9 Å². The Morgan fingerprint density at radius 2 is 2.00 bits per heavy atom. The van der Waals surface area contributed by atoms with E-state index in [-0.39, 0.29) is 17.9 Å². The van der Waals surface area contributed by atoms with Gasteiger partial charge < -0.3 is 5.32 Å². The van der Waals surface area contributed by atoms with Gasteiger partial charge in [0.05, 0.1) is 23.0 Å². The van der Waals surface area contributed by atoms with Crippen LogP contribution in [-0.4, -0.2) is 23.9 Å². The molecule has 3 aromatic rings. The molecule has 3 rings (SSSR count). The number of sulfonamides is 1. The zero-order valence-corrected chi connectivity index (χ0v) is 16.3. The molecule has 10 heteroatoms. The number of benzene rings is 2. The number of nitrogens with two attached hydrogens (primary N) is 1. The van der Waals surface area contributed by atoms with Crippen molar-refractivity contribution in [1.82, 2.24) is 9.55 Å². The van der Waals surface area contributed by atoms with Gasteiger partial charge in [-0.05, 0) is 35.9 Å². The summed E-state index contributed by atoms with van der Waals surface area (Å²) in [6.45, 7) is -0.228. The van der Waals surface area contributed by atoms with Gasteiger partial charge in [0.15, 0.2) is 0 Å². The first-order chi connectivity index (χ1) is 12.7. The lowest BCUT2D eigenvalue weighted by atomic mass is 10.2. The molecule has 1 amide bonds. The maximum atomic E-state index is 12.5. The molecule has 0 fully saturated rings. The number of halogens is 1. The number of rotatable bonds is 5. The topological polar surface area (TPSA) is 124 Å². The number of fused-ring (bicyclic) bond motifs is 1. The summed E-state index contributed by atoms with van der Waals surface area (Å²) in [5.74, 6) is -0.777. The van der Waals surface area contributed by atoms with E-state index >= 15 is 0 Å². The minimum Gasteiger partial charge on any atom is -0.325 e. The third-order valence-corrected chi connectivity index (χ3v) is 4.91. The van der Waals surface area contributed by atoms with E-state index in [1.165, 1.54) is 17.0 Å². The van der Waals surface area contributed by atoms with Crippen molar-refractivity contribution in [2.45, 2.75) is 12.3 Å². The molecule has 0 bridgehead atoms. The lowest BCUT2D eigenvalue weighted by molar-refractivity contribution is -0.116. The first-order valence-corrected chi connectivity index (χ1v) is 10.3. The number of aromatic nitrogens is 2. The smallest absolute Gasteiger partial charge is 0.261 e. The van der Waals surface area contributed by atoms with E-state index in [0.717, 1.165) is 4.47 Å². The highest BCUT2D eigenvalue weighted by atomic mass is 79.9. The summed E-state index contributed by atoms with van der Waals surface area (Å²) in [6, 6.07) is 11.5. The molecule has 1 aromatic heterocycles. The molecule has 0 radical (unpaired) electrons. The molecule has 0 saturated carbocycles. The van der Waals surface area contributed by atoms with Gasteiger partial charge in [-0.1, -0.05) is 28.1 Å². The molecule has 0 aliphatic heterocycles. The van der Waals surface area contributed by atoms with Crippen LogP contribution in [0.2, 0.25) is 0 Å². The largest absolute Gasteiger partial charge is 0.325 e. The second-order valence-corrected chi connectivity index (χ2v) is 8.42. The number of hydrogen-bond donors (Lipinski definition) is 2. The highest BCUT2D eigenvalue weighted by molar-refractivity contribution is 9.10. The number of hydrogen-bond acceptors (Lipinski definition) is 5. The van der Waals surface area contributed by atoms with Crippen LogP contribution in [0.5, 0.6) is 0 Å². The highest BCUT2D eigenvalue weighted by Gasteiger charge is 2.10. The van der Waals surface area contributed by atoms with E-state index in [9.17, 15) is 18.0 Å². The van der Waals surface area contributed by atoms with Crippen LogP contribution in [0.25, 0.3) is 10.9 Å². The minimum absolute atomic E-state index is 0.228. The zero-order chi connectivity index (χ0) is 19.6. The Labute approximate surface area is 163 Å². The fraction of sp³-hybridized carbons (Fsp3) is 0.118. The van der Waals surface area contributed by atoms with Crippen LogP contribution in [0.15, 0.2) is 58.1 Å². The van der Waals surface area contributed by atoms with Crippen molar-refractivity contribution in [2.24, 2.45) is 5.14 Å². The number of nitrogens with one attached hydrogen (secondary N) is 1. The second-order valence-electron chi connectivity index (χ2n) is 5.89. The van der Waals surface area contributed by atoms with Crippen LogP contribution in [0.1, 0.15) is 5.56 Å². The van der Waals surface area contributed by atoms with Crippen molar-refractivity contribution in [3.63, 3.8) is 0 Å². The summed E-state index contributed by atoms with van der Waals surface area (Å²) < 4.78 is 24.3. The highest BCUT2D eigenvalue weighted by Crippen LogP contribution is 2.15.